The number of pyridine rings is 1. The Morgan fingerprint density at radius 2 is 2.29 bits per heavy atom. The van der Waals surface area contributed by atoms with Crippen molar-refractivity contribution in [1.29, 1.82) is 0 Å². The smallest absolute Gasteiger partial charge is 0.146 e. The fraction of sp³-hybridized carbons (Fsp3) is 0.545. The second-order valence-corrected chi connectivity index (χ2v) is 4.26. The average Bonchev–Trinajstić information content (AvgIpc) is 2.20. The van der Waals surface area contributed by atoms with Crippen molar-refractivity contribution in [2.75, 3.05) is 11.1 Å². The van der Waals surface area contributed by atoms with Crippen LogP contribution in [0, 0.1) is 11.8 Å². The molecule has 0 bridgehead atoms. The van der Waals surface area contributed by atoms with Gasteiger partial charge in [0.05, 0.1) is 5.69 Å². The van der Waals surface area contributed by atoms with Gasteiger partial charge in [0.15, 0.2) is 0 Å². The molecule has 1 aliphatic rings. The summed E-state index contributed by atoms with van der Waals surface area (Å²) < 4.78 is 0. The summed E-state index contributed by atoms with van der Waals surface area (Å²) in [4.78, 5) is 4.05. The molecule has 0 aromatic carbocycles. The first-order valence-electron chi connectivity index (χ1n) is 5.15. The van der Waals surface area contributed by atoms with E-state index in [-0.39, 0.29) is 0 Å². The van der Waals surface area contributed by atoms with Crippen molar-refractivity contribution in [2.45, 2.75) is 26.3 Å². The van der Waals surface area contributed by atoms with Crippen molar-refractivity contribution in [1.82, 2.24) is 4.98 Å². The SMILES string of the molecule is CC1CC(Nc2cccnc2N)C1C. The molecule has 0 aliphatic heterocycles. The van der Waals surface area contributed by atoms with Crippen LogP contribution < -0.4 is 11.1 Å². The van der Waals surface area contributed by atoms with E-state index in [4.69, 9.17) is 5.73 Å². The maximum absolute atomic E-state index is 5.75. The summed E-state index contributed by atoms with van der Waals surface area (Å²) in [6.45, 7) is 4.56. The zero-order valence-corrected chi connectivity index (χ0v) is 8.70. The van der Waals surface area contributed by atoms with Gasteiger partial charge in [-0.25, -0.2) is 4.98 Å². The summed E-state index contributed by atoms with van der Waals surface area (Å²) in [5.41, 5.74) is 6.72. The van der Waals surface area contributed by atoms with Gasteiger partial charge in [0.2, 0.25) is 0 Å². The van der Waals surface area contributed by atoms with Crippen molar-refractivity contribution in [3.63, 3.8) is 0 Å². The highest BCUT2D eigenvalue weighted by Gasteiger charge is 2.34. The predicted octanol–water partition coefficient (Wildman–Crippen LogP) is 2.12. The lowest BCUT2D eigenvalue weighted by Gasteiger charge is -2.41. The molecule has 3 heteroatoms. The van der Waals surface area contributed by atoms with Crippen molar-refractivity contribution < 1.29 is 0 Å². The molecule has 1 fully saturated rings. The van der Waals surface area contributed by atoms with E-state index < -0.39 is 0 Å². The lowest BCUT2D eigenvalue weighted by Crippen LogP contribution is -2.43. The quantitative estimate of drug-likeness (QED) is 0.752. The van der Waals surface area contributed by atoms with Crippen LogP contribution in [0.25, 0.3) is 0 Å². The zero-order valence-electron chi connectivity index (χ0n) is 8.70. The first kappa shape index (κ1) is 9.31. The van der Waals surface area contributed by atoms with Gasteiger partial charge in [-0.05, 0) is 30.4 Å². The molecule has 1 heterocycles. The Morgan fingerprint density at radius 3 is 2.86 bits per heavy atom. The summed E-state index contributed by atoms with van der Waals surface area (Å²) in [7, 11) is 0. The van der Waals surface area contributed by atoms with Gasteiger partial charge >= 0.3 is 0 Å². The van der Waals surface area contributed by atoms with E-state index in [1.807, 2.05) is 12.1 Å². The first-order chi connectivity index (χ1) is 6.68. The third-order valence-corrected chi connectivity index (χ3v) is 3.34. The monoisotopic (exact) mass is 191 g/mol. The lowest BCUT2D eigenvalue weighted by molar-refractivity contribution is 0.189. The number of nitrogens with zero attached hydrogens (tertiary/aromatic N) is 1. The molecule has 0 radical (unpaired) electrons. The summed E-state index contributed by atoms with van der Waals surface area (Å²) in [5.74, 6) is 2.15. The Bertz CT molecular complexity index is 324. The minimum Gasteiger partial charge on any atom is -0.382 e. The highest BCUT2D eigenvalue weighted by atomic mass is 15.0. The molecular formula is C11H17N3. The molecule has 3 atom stereocenters. The molecular weight excluding hydrogens is 174 g/mol. The zero-order chi connectivity index (χ0) is 10.1. The Balaban J connectivity index is 2.02. The fourth-order valence-electron chi connectivity index (χ4n) is 1.96. The van der Waals surface area contributed by atoms with E-state index in [0.717, 1.165) is 17.5 Å². The molecule has 0 spiro atoms. The molecule has 1 aromatic heterocycles. The van der Waals surface area contributed by atoms with Gasteiger partial charge < -0.3 is 11.1 Å². The first-order valence-corrected chi connectivity index (χ1v) is 5.15. The van der Waals surface area contributed by atoms with Crippen LogP contribution >= 0.6 is 0 Å². The maximum Gasteiger partial charge on any atom is 0.146 e. The van der Waals surface area contributed by atoms with E-state index in [9.17, 15) is 0 Å². The molecule has 3 unspecified atom stereocenters. The van der Waals surface area contributed by atoms with E-state index in [2.05, 4.69) is 24.1 Å². The van der Waals surface area contributed by atoms with Crippen LogP contribution in [-0.4, -0.2) is 11.0 Å². The van der Waals surface area contributed by atoms with Gasteiger partial charge in [0.1, 0.15) is 5.82 Å². The van der Waals surface area contributed by atoms with Crippen LogP contribution in [0.15, 0.2) is 18.3 Å². The maximum atomic E-state index is 5.75. The van der Waals surface area contributed by atoms with Gasteiger partial charge in [-0.2, -0.15) is 0 Å². The van der Waals surface area contributed by atoms with Crippen LogP contribution in [0.1, 0.15) is 20.3 Å². The third kappa shape index (κ3) is 1.54. The molecule has 0 saturated heterocycles. The molecule has 1 aliphatic carbocycles. The van der Waals surface area contributed by atoms with Crippen molar-refractivity contribution in [3.05, 3.63) is 18.3 Å². The van der Waals surface area contributed by atoms with Crippen molar-refractivity contribution in [3.8, 4) is 0 Å². The van der Waals surface area contributed by atoms with Crippen LogP contribution in [-0.2, 0) is 0 Å². The highest BCUT2D eigenvalue weighted by Crippen LogP contribution is 2.36. The van der Waals surface area contributed by atoms with Gasteiger partial charge in [-0.3, -0.25) is 0 Å². The van der Waals surface area contributed by atoms with E-state index in [1.165, 1.54) is 6.42 Å². The molecule has 1 saturated carbocycles. The number of nitrogen functional groups attached to an aromatic ring is 1. The van der Waals surface area contributed by atoms with Gasteiger partial charge in [-0.1, -0.05) is 13.8 Å². The second-order valence-electron chi connectivity index (χ2n) is 4.26. The third-order valence-electron chi connectivity index (χ3n) is 3.34. The van der Waals surface area contributed by atoms with Crippen LogP contribution in [0.5, 0.6) is 0 Å². The summed E-state index contributed by atoms with van der Waals surface area (Å²) in [6, 6.07) is 4.46. The molecule has 0 amide bonds. The van der Waals surface area contributed by atoms with Crippen LogP contribution in [0.2, 0.25) is 0 Å². The number of aromatic nitrogens is 1. The Labute approximate surface area is 84.7 Å². The number of nitrogens with two attached hydrogens (primary N) is 1. The number of hydrogen-bond donors (Lipinski definition) is 2. The molecule has 1 aromatic rings. The summed E-state index contributed by atoms with van der Waals surface area (Å²) in [6.07, 6.45) is 2.95. The molecule has 3 N–H and O–H groups in total. The number of hydrogen-bond acceptors (Lipinski definition) is 3. The normalized spacial score (nSPS) is 30.9. The minimum atomic E-state index is 0.566. The Morgan fingerprint density at radius 1 is 1.50 bits per heavy atom. The van der Waals surface area contributed by atoms with Gasteiger partial charge in [0, 0.05) is 12.2 Å². The number of nitrogens with one attached hydrogen (secondary N) is 1. The highest BCUT2D eigenvalue weighted by molar-refractivity contribution is 5.61. The van der Waals surface area contributed by atoms with Gasteiger partial charge in [-0.15, -0.1) is 0 Å². The minimum absolute atomic E-state index is 0.566. The number of anilines is 2. The van der Waals surface area contributed by atoms with Crippen LogP contribution in [0.4, 0.5) is 11.5 Å². The van der Waals surface area contributed by atoms with Gasteiger partial charge in [0.25, 0.3) is 0 Å². The summed E-state index contributed by atoms with van der Waals surface area (Å²) >= 11 is 0. The van der Waals surface area contributed by atoms with E-state index in [1.54, 1.807) is 6.20 Å². The molecule has 3 nitrogen and oxygen atoms in total. The predicted molar refractivity (Wildman–Crippen MR) is 59.0 cm³/mol. The average molecular weight is 191 g/mol. The second kappa shape index (κ2) is 3.48. The molecule has 76 valence electrons. The van der Waals surface area contributed by atoms with Crippen molar-refractivity contribution in [2.24, 2.45) is 11.8 Å². The molecule has 14 heavy (non-hydrogen) atoms. The Hall–Kier alpha value is -1.25. The van der Waals surface area contributed by atoms with Crippen LogP contribution in [0.3, 0.4) is 0 Å². The Kier molecular flexibility index (Phi) is 2.32. The fourth-order valence-corrected chi connectivity index (χ4v) is 1.96. The number of rotatable bonds is 2. The topological polar surface area (TPSA) is 50.9 Å². The van der Waals surface area contributed by atoms with E-state index in [0.29, 0.717) is 11.9 Å². The largest absolute Gasteiger partial charge is 0.382 e. The lowest BCUT2D eigenvalue weighted by atomic mass is 9.71. The summed E-state index contributed by atoms with van der Waals surface area (Å²) in [5, 5.41) is 3.44. The van der Waals surface area contributed by atoms with Crippen molar-refractivity contribution >= 4 is 11.5 Å². The standard InChI is InChI=1S/C11H17N3/c1-7-6-10(8(7)2)14-9-4-3-5-13-11(9)12/h3-5,7-8,10,14H,6H2,1-2H3,(H2,12,13). The van der Waals surface area contributed by atoms with E-state index >= 15 is 0 Å². The molecule has 2 rings (SSSR count).